The summed E-state index contributed by atoms with van der Waals surface area (Å²) in [6, 6.07) is 14.5. The average Bonchev–Trinajstić information content (AvgIpc) is 2.50. The van der Waals surface area contributed by atoms with Gasteiger partial charge in [0.15, 0.2) is 5.11 Å². The standard InChI is InChI=1S/C18H21ClN2S/c1-4-16(14-10-8-12(2)9-11-14)20-18(22)21-17-7-5-6-15(19)13(17)3/h5-11,16H,4H2,1-3H3,(H2,20,21,22). The Labute approximate surface area is 142 Å². The summed E-state index contributed by atoms with van der Waals surface area (Å²) in [5.41, 5.74) is 4.43. The number of rotatable bonds is 4. The zero-order valence-corrected chi connectivity index (χ0v) is 14.7. The molecule has 2 aromatic carbocycles. The Morgan fingerprint density at radius 2 is 1.82 bits per heavy atom. The number of aryl methyl sites for hydroxylation is 1. The maximum absolute atomic E-state index is 6.14. The minimum absolute atomic E-state index is 0.195. The van der Waals surface area contributed by atoms with Gasteiger partial charge in [-0.2, -0.15) is 0 Å². The van der Waals surface area contributed by atoms with Crippen LogP contribution in [0.1, 0.15) is 36.1 Å². The normalized spacial score (nSPS) is 11.8. The first-order valence-corrected chi connectivity index (χ1v) is 8.19. The van der Waals surface area contributed by atoms with Gasteiger partial charge in [-0.05, 0) is 55.7 Å². The van der Waals surface area contributed by atoms with E-state index in [1.807, 2.05) is 25.1 Å². The van der Waals surface area contributed by atoms with Crippen LogP contribution in [0.5, 0.6) is 0 Å². The molecule has 0 aliphatic heterocycles. The number of halogens is 1. The van der Waals surface area contributed by atoms with Gasteiger partial charge in [-0.3, -0.25) is 0 Å². The van der Waals surface area contributed by atoms with Crippen LogP contribution in [-0.4, -0.2) is 5.11 Å². The SMILES string of the molecule is CCC(NC(=S)Nc1cccc(Cl)c1C)c1ccc(C)cc1. The molecule has 0 saturated heterocycles. The van der Waals surface area contributed by atoms with Crippen molar-refractivity contribution in [3.63, 3.8) is 0 Å². The second-order valence-corrected chi connectivity index (χ2v) is 6.20. The Morgan fingerprint density at radius 3 is 2.45 bits per heavy atom. The largest absolute Gasteiger partial charge is 0.356 e. The maximum Gasteiger partial charge on any atom is 0.171 e. The molecule has 0 aliphatic carbocycles. The fourth-order valence-corrected chi connectivity index (χ4v) is 2.71. The molecule has 0 radical (unpaired) electrons. The van der Waals surface area contributed by atoms with Crippen LogP contribution in [0.3, 0.4) is 0 Å². The molecule has 0 saturated carbocycles. The topological polar surface area (TPSA) is 24.1 Å². The number of hydrogen-bond donors (Lipinski definition) is 2. The molecule has 0 bridgehead atoms. The predicted molar refractivity (Wildman–Crippen MR) is 99.8 cm³/mol. The van der Waals surface area contributed by atoms with E-state index < -0.39 is 0 Å². The lowest BCUT2D eigenvalue weighted by atomic mass is 10.0. The van der Waals surface area contributed by atoms with Crippen molar-refractivity contribution in [1.82, 2.24) is 5.32 Å². The molecule has 2 rings (SSSR count). The first-order valence-electron chi connectivity index (χ1n) is 7.40. The lowest BCUT2D eigenvalue weighted by Gasteiger charge is -2.21. The van der Waals surface area contributed by atoms with E-state index in [9.17, 15) is 0 Å². The van der Waals surface area contributed by atoms with E-state index >= 15 is 0 Å². The highest BCUT2D eigenvalue weighted by molar-refractivity contribution is 7.80. The Hall–Kier alpha value is -1.58. The van der Waals surface area contributed by atoms with Crippen molar-refractivity contribution in [3.05, 3.63) is 64.2 Å². The first kappa shape index (κ1) is 16.8. The molecule has 116 valence electrons. The predicted octanol–water partition coefficient (Wildman–Crippen LogP) is 5.39. The summed E-state index contributed by atoms with van der Waals surface area (Å²) in [5.74, 6) is 0. The van der Waals surface area contributed by atoms with E-state index in [1.54, 1.807) is 0 Å². The highest BCUT2D eigenvalue weighted by Gasteiger charge is 2.11. The molecular weight excluding hydrogens is 312 g/mol. The number of anilines is 1. The molecule has 2 aromatic rings. The van der Waals surface area contributed by atoms with Crippen LogP contribution in [-0.2, 0) is 0 Å². The Balaban J connectivity index is 2.06. The van der Waals surface area contributed by atoms with Gasteiger partial charge >= 0.3 is 0 Å². The monoisotopic (exact) mass is 332 g/mol. The van der Waals surface area contributed by atoms with E-state index in [-0.39, 0.29) is 6.04 Å². The molecule has 0 heterocycles. The Kier molecular flexibility index (Phi) is 5.81. The minimum Gasteiger partial charge on any atom is -0.356 e. The number of thiocarbonyl (C=S) groups is 1. The highest BCUT2D eigenvalue weighted by Crippen LogP contribution is 2.23. The summed E-state index contributed by atoms with van der Waals surface area (Å²) in [7, 11) is 0. The zero-order valence-electron chi connectivity index (χ0n) is 13.1. The quantitative estimate of drug-likeness (QED) is 0.733. The third-order valence-electron chi connectivity index (χ3n) is 3.71. The summed E-state index contributed by atoms with van der Waals surface area (Å²) in [5, 5.41) is 7.95. The summed E-state index contributed by atoms with van der Waals surface area (Å²) in [6.07, 6.45) is 0.958. The summed E-state index contributed by atoms with van der Waals surface area (Å²) in [4.78, 5) is 0. The molecule has 22 heavy (non-hydrogen) atoms. The molecule has 1 unspecified atom stereocenters. The van der Waals surface area contributed by atoms with Crippen LogP contribution in [0, 0.1) is 13.8 Å². The number of hydrogen-bond acceptors (Lipinski definition) is 1. The third-order valence-corrected chi connectivity index (χ3v) is 4.34. The van der Waals surface area contributed by atoms with E-state index in [4.69, 9.17) is 23.8 Å². The average molecular weight is 333 g/mol. The van der Waals surface area contributed by atoms with Gasteiger partial charge in [0, 0.05) is 10.7 Å². The van der Waals surface area contributed by atoms with E-state index in [0.29, 0.717) is 5.11 Å². The molecule has 0 aliphatic rings. The molecule has 1 atom stereocenters. The van der Waals surface area contributed by atoms with Crippen LogP contribution in [0.15, 0.2) is 42.5 Å². The third kappa shape index (κ3) is 4.21. The van der Waals surface area contributed by atoms with Crippen molar-refractivity contribution in [3.8, 4) is 0 Å². The van der Waals surface area contributed by atoms with Crippen molar-refractivity contribution >= 4 is 34.6 Å². The fourth-order valence-electron chi connectivity index (χ4n) is 2.28. The van der Waals surface area contributed by atoms with E-state index in [1.165, 1.54) is 11.1 Å². The second kappa shape index (κ2) is 7.61. The van der Waals surface area contributed by atoms with Crippen molar-refractivity contribution in [2.75, 3.05) is 5.32 Å². The van der Waals surface area contributed by atoms with Crippen LogP contribution < -0.4 is 10.6 Å². The van der Waals surface area contributed by atoms with Crippen molar-refractivity contribution < 1.29 is 0 Å². The van der Waals surface area contributed by atoms with Crippen LogP contribution in [0.2, 0.25) is 5.02 Å². The molecule has 0 aromatic heterocycles. The van der Waals surface area contributed by atoms with Gasteiger partial charge in [-0.1, -0.05) is 54.4 Å². The smallest absolute Gasteiger partial charge is 0.171 e. The second-order valence-electron chi connectivity index (χ2n) is 5.38. The van der Waals surface area contributed by atoms with Gasteiger partial charge in [0.25, 0.3) is 0 Å². The van der Waals surface area contributed by atoms with Crippen molar-refractivity contribution in [1.29, 1.82) is 0 Å². The Morgan fingerprint density at radius 1 is 1.14 bits per heavy atom. The van der Waals surface area contributed by atoms with E-state index in [2.05, 4.69) is 48.7 Å². The molecule has 0 fully saturated rings. The molecule has 2 N–H and O–H groups in total. The van der Waals surface area contributed by atoms with Gasteiger partial charge in [0.2, 0.25) is 0 Å². The van der Waals surface area contributed by atoms with Gasteiger partial charge in [0.1, 0.15) is 0 Å². The zero-order chi connectivity index (χ0) is 16.1. The first-order chi connectivity index (χ1) is 10.5. The van der Waals surface area contributed by atoms with Gasteiger partial charge in [-0.15, -0.1) is 0 Å². The molecular formula is C18H21ClN2S. The molecule has 0 amide bonds. The van der Waals surface area contributed by atoms with Gasteiger partial charge < -0.3 is 10.6 Å². The number of nitrogens with one attached hydrogen (secondary N) is 2. The molecule has 0 spiro atoms. The summed E-state index contributed by atoms with van der Waals surface area (Å²) >= 11 is 11.6. The van der Waals surface area contributed by atoms with Gasteiger partial charge in [-0.25, -0.2) is 0 Å². The minimum atomic E-state index is 0.195. The van der Waals surface area contributed by atoms with E-state index in [0.717, 1.165) is 22.7 Å². The lowest BCUT2D eigenvalue weighted by molar-refractivity contribution is 0.629. The van der Waals surface area contributed by atoms with Crippen LogP contribution in [0.25, 0.3) is 0 Å². The van der Waals surface area contributed by atoms with Crippen molar-refractivity contribution in [2.24, 2.45) is 0 Å². The number of benzene rings is 2. The fraction of sp³-hybridized carbons (Fsp3) is 0.278. The van der Waals surface area contributed by atoms with Crippen molar-refractivity contribution in [2.45, 2.75) is 33.2 Å². The summed E-state index contributed by atoms with van der Waals surface area (Å²) in [6.45, 7) is 6.21. The molecule has 2 nitrogen and oxygen atoms in total. The maximum atomic E-state index is 6.14. The lowest BCUT2D eigenvalue weighted by Crippen LogP contribution is -2.32. The summed E-state index contributed by atoms with van der Waals surface area (Å²) < 4.78 is 0. The molecule has 4 heteroatoms. The Bertz CT molecular complexity index is 653. The van der Waals surface area contributed by atoms with Crippen LogP contribution >= 0.6 is 23.8 Å². The van der Waals surface area contributed by atoms with Gasteiger partial charge in [0.05, 0.1) is 6.04 Å². The van der Waals surface area contributed by atoms with Crippen LogP contribution in [0.4, 0.5) is 5.69 Å². The highest BCUT2D eigenvalue weighted by atomic mass is 35.5.